The first-order valence-electron chi connectivity index (χ1n) is 7.58. The minimum Gasteiger partial charge on any atom is -0.381 e. The average molecular weight is 265 g/mol. The lowest BCUT2D eigenvalue weighted by atomic mass is 9.75. The highest BCUT2D eigenvalue weighted by Crippen LogP contribution is 2.33. The van der Waals surface area contributed by atoms with Gasteiger partial charge >= 0.3 is 0 Å². The van der Waals surface area contributed by atoms with E-state index in [1.165, 1.54) is 12.0 Å². The summed E-state index contributed by atoms with van der Waals surface area (Å²) in [5.41, 5.74) is 1.72. The fourth-order valence-corrected chi connectivity index (χ4v) is 2.85. The molecule has 1 aliphatic heterocycles. The summed E-state index contributed by atoms with van der Waals surface area (Å²) in [4.78, 5) is 0. The van der Waals surface area contributed by atoms with E-state index in [0.29, 0.717) is 5.41 Å². The minimum absolute atomic E-state index is 0.356. The molecule has 0 bridgehead atoms. The van der Waals surface area contributed by atoms with Crippen molar-refractivity contribution in [3.05, 3.63) is 18.0 Å². The summed E-state index contributed by atoms with van der Waals surface area (Å²) in [7, 11) is 0. The Balaban J connectivity index is 1.99. The van der Waals surface area contributed by atoms with Gasteiger partial charge in [-0.1, -0.05) is 6.92 Å². The lowest BCUT2D eigenvalue weighted by Gasteiger charge is -2.37. The number of hydrogen-bond donors (Lipinski definition) is 1. The van der Waals surface area contributed by atoms with Gasteiger partial charge < -0.3 is 10.1 Å². The van der Waals surface area contributed by atoms with Crippen molar-refractivity contribution in [2.24, 2.45) is 5.41 Å². The van der Waals surface area contributed by atoms with Crippen LogP contribution in [0, 0.1) is 5.41 Å². The predicted molar refractivity (Wildman–Crippen MR) is 77.3 cm³/mol. The van der Waals surface area contributed by atoms with Crippen LogP contribution < -0.4 is 5.32 Å². The molecule has 4 heteroatoms. The van der Waals surface area contributed by atoms with E-state index in [0.717, 1.165) is 52.1 Å². The van der Waals surface area contributed by atoms with Gasteiger partial charge in [0.1, 0.15) is 0 Å². The molecule has 4 nitrogen and oxygen atoms in total. The quantitative estimate of drug-likeness (QED) is 0.769. The Morgan fingerprint density at radius 1 is 1.37 bits per heavy atom. The Labute approximate surface area is 116 Å². The van der Waals surface area contributed by atoms with E-state index in [4.69, 9.17) is 4.74 Å². The van der Waals surface area contributed by atoms with Crippen molar-refractivity contribution < 1.29 is 4.74 Å². The van der Waals surface area contributed by atoms with E-state index in [2.05, 4.69) is 30.5 Å². The number of aryl methyl sites for hydroxylation is 1. The van der Waals surface area contributed by atoms with Crippen LogP contribution in [-0.4, -0.2) is 36.1 Å². The van der Waals surface area contributed by atoms with Gasteiger partial charge in [-0.25, -0.2) is 0 Å². The van der Waals surface area contributed by atoms with Gasteiger partial charge in [-0.3, -0.25) is 4.68 Å². The highest BCUT2D eigenvalue weighted by atomic mass is 16.5. The average Bonchev–Trinajstić information content (AvgIpc) is 2.87. The molecular weight excluding hydrogens is 238 g/mol. The molecule has 1 aromatic rings. The molecule has 19 heavy (non-hydrogen) atoms. The molecule has 1 saturated heterocycles. The van der Waals surface area contributed by atoms with E-state index in [1.54, 1.807) is 0 Å². The molecule has 1 aromatic heterocycles. The third kappa shape index (κ3) is 4.05. The van der Waals surface area contributed by atoms with E-state index < -0.39 is 0 Å². The number of nitrogens with one attached hydrogen (secondary N) is 1. The van der Waals surface area contributed by atoms with Crippen LogP contribution in [0.5, 0.6) is 0 Å². The van der Waals surface area contributed by atoms with Gasteiger partial charge in [0.25, 0.3) is 0 Å². The summed E-state index contributed by atoms with van der Waals surface area (Å²) in [6.07, 6.45) is 8.84. The van der Waals surface area contributed by atoms with Crippen molar-refractivity contribution in [3.8, 4) is 0 Å². The second-order valence-electron chi connectivity index (χ2n) is 5.67. The largest absolute Gasteiger partial charge is 0.381 e. The maximum Gasteiger partial charge on any atom is 0.0521 e. The number of rotatable bonds is 7. The molecule has 1 aliphatic rings. The van der Waals surface area contributed by atoms with E-state index in [-0.39, 0.29) is 0 Å². The van der Waals surface area contributed by atoms with Crippen LogP contribution in [0.1, 0.15) is 38.7 Å². The number of ether oxygens (including phenoxy) is 1. The summed E-state index contributed by atoms with van der Waals surface area (Å²) in [5.74, 6) is 0. The fourth-order valence-electron chi connectivity index (χ4n) is 2.85. The first-order valence-corrected chi connectivity index (χ1v) is 7.58. The van der Waals surface area contributed by atoms with Gasteiger partial charge in [-0.15, -0.1) is 0 Å². The zero-order chi connectivity index (χ0) is 13.6. The lowest BCUT2D eigenvalue weighted by Crippen LogP contribution is -2.41. The first kappa shape index (κ1) is 14.5. The smallest absolute Gasteiger partial charge is 0.0521 e. The van der Waals surface area contributed by atoms with Crippen molar-refractivity contribution in [1.29, 1.82) is 0 Å². The summed E-state index contributed by atoms with van der Waals surface area (Å²) in [6.45, 7) is 9.30. The maximum atomic E-state index is 5.55. The topological polar surface area (TPSA) is 39.1 Å². The Hall–Kier alpha value is -0.870. The minimum atomic E-state index is 0.356. The zero-order valence-corrected chi connectivity index (χ0v) is 12.3. The molecule has 0 aromatic carbocycles. The van der Waals surface area contributed by atoms with Crippen molar-refractivity contribution in [3.63, 3.8) is 0 Å². The van der Waals surface area contributed by atoms with Crippen molar-refractivity contribution in [1.82, 2.24) is 15.1 Å². The van der Waals surface area contributed by atoms with Gasteiger partial charge in [-0.05, 0) is 50.1 Å². The van der Waals surface area contributed by atoms with Crippen molar-refractivity contribution in [2.45, 2.75) is 46.1 Å². The van der Waals surface area contributed by atoms with E-state index in [9.17, 15) is 0 Å². The van der Waals surface area contributed by atoms with Crippen LogP contribution in [0.25, 0.3) is 0 Å². The Kier molecular flexibility index (Phi) is 5.40. The standard InChI is InChI=1S/C15H27N3O/c1-3-7-16-13-15(5-8-19-9-6-15)10-14-11-17-18(4-2)12-14/h11-12,16H,3-10,13H2,1-2H3. The summed E-state index contributed by atoms with van der Waals surface area (Å²) in [6, 6.07) is 0. The van der Waals surface area contributed by atoms with Crippen LogP contribution in [0.4, 0.5) is 0 Å². The molecule has 1 fully saturated rings. The molecule has 0 radical (unpaired) electrons. The highest BCUT2D eigenvalue weighted by Gasteiger charge is 2.32. The Bertz CT molecular complexity index is 369. The molecule has 0 aliphatic carbocycles. The van der Waals surface area contributed by atoms with Gasteiger partial charge in [0.2, 0.25) is 0 Å². The second kappa shape index (κ2) is 7.06. The van der Waals surface area contributed by atoms with Crippen LogP contribution in [-0.2, 0) is 17.7 Å². The summed E-state index contributed by atoms with van der Waals surface area (Å²) >= 11 is 0. The zero-order valence-electron chi connectivity index (χ0n) is 12.3. The molecular formula is C15H27N3O. The van der Waals surface area contributed by atoms with Crippen LogP contribution in [0.3, 0.4) is 0 Å². The normalized spacial score (nSPS) is 18.6. The molecule has 0 unspecified atom stereocenters. The number of nitrogens with zero attached hydrogens (tertiary/aromatic N) is 2. The van der Waals surface area contributed by atoms with Gasteiger partial charge in [0.05, 0.1) is 6.20 Å². The van der Waals surface area contributed by atoms with Crippen LogP contribution in [0.2, 0.25) is 0 Å². The Morgan fingerprint density at radius 3 is 2.79 bits per heavy atom. The van der Waals surface area contributed by atoms with Crippen LogP contribution in [0.15, 0.2) is 12.4 Å². The second-order valence-corrected chi connectivity index (χ2v) is 5.67. The van der Waals surface area contributed by atoms with Crippen LogP contribution >= 0.6 is 0 Å². The SMILES string of the molecule is CCCNCC1(Cc2cnn(CC)c2)CCOCC1. The monoisotopic (exact) mass is 265 g/mol. The number of aromatic nitrogens is 2. The summed E-state index contributed by atoms with van der Waals surface area (Å²) < 4.78 is 7.56. The van der Waals surface area contributed by atoms with Gasteiger partial charge in [0, 0.05) is 32.5 Å². The molecule has 0 saturated carbocycles. The first-order chi connectivity index (χ1) is 9.28. The molecule has 1 N–H and O–H groups in total. The molecule has 0 spiro atoms. The molecule has 2 heterocycles. The van der Waals surface area contributed by atoms with E-state index >= 15 is 0 Å². The van der Waals surface area contributed by atoms with Crippen molar-refractivity contribution >= 4 is 0 Å². The maximum absolute atomic E-state index is 5.55. The third-order valence-electron chi connectivity index (χ3n) is 4.07. The van der Waals surface area contributed by atoms with Gasteiger partial charge in [0.15, 0.2) is 0 Å². The highest BCUT2D eigenvalue weighted by molar-refractivity contribution is 5.08. The number of hydrogen-bond acceptors (Lipinski definition) is 3. The summed E-state index contributed by atoms with van der Waals surface area (Å²) in [5, 5.41) is 8.00. The lowest BCUT2D eigenvalue weighted by molar-refractivity contribution is 0.0150. The third-order valence-corrected chi connectivity index (χ3v) is 4.07. The van der Waals surface area contributed by atoms with E-state index in [1.807, 2.05) is 10.9 Å². The Morgan fingerprint density at radius 2 is 2.16 bits per heavy atom. The fraction of sp³-hybridized carbons (Fsp3) is 0.800. The predicted octanol–water partition coefficient (Wildman–Crippen LogP) is 2.24. The molecule has 0 atom stereocenters. The van der Waals surface area contributed by atoms with Gasteiger partial charge in [-0.2, -0.15) is 5.10 Å². The molecule has 108 valence electrons. The van der Waals surface area contributed by atoms with Crippen molar-refractivity contribution in [2.75, 3.05) is 26.3 Å². The molecule has 0 amide bonds. The molecule has 2 rings (SSSR count).